The van der Waals surface area contributed by atoms with Crippen molar-refractivity contribution in [2.24, 2.45) is 11.7 Å². The first-order valence-electron chi connectivity index (χ1n) is 6.80. The van der Waals surface area contributed by atoms with E-state index in [0.29, 0.717) is 5.02 Å². The zero-order chi connectivity index (χ0) is 14.4. The Morgan fingerprint density at radius 2 is 2.30 bits per heavy atom. The lowest BCUT2D eigenvalue weighted by Crippen LogP contribution is -2.24. The van der Waals surface area contributed by atoms with Crippen LogP contribution in [0.2, 0.25) is 5.02 Å². The normalized spacial score (nSPS) is 26.6. The number of nitrogens with one attached hydrogen (secondary N) is 1. The number of nitrogens with two attached hydrogens (primary N) is 1. The number of anilines is 2. The standard InChI is InChI=1S/C14H18ClN3O2/c1-7(19)8-2-3-18(6-8)12-5-11-9(4-10(12)15)13(16)14(20)17-11/h4-5,7-8,13,19H,2-3,6,16H2,1H3,(H,17,20). The van der Waals surface area contributed by atoms with E-state index < -0.39 is 6.04 Å². The van der Waals surface area contributed by atoms with Crippen LogP contribution in [0.1, 0.15) is 24.9 Å². The van der Waals surface area contributed by atoms with E-state index in [1.54, 1.807) is 6.07 Å². The van der Waals surface area contributed by atoms with E-state index in [-0.39, 0.29) is 17.9 Å². The molecule has 1 fully saturated rings. The minimum atomic E-state index is -0.639. The summed E-state index contributed by atoms with van der Waals surface area (Å²) < 4.78 is 0. The van der Waals surface area contributed by atoms with Gasteiger partial charge in [-0.1, -0.05) is 11.6 Å². The number of fused-ring (bicyclic) bond motifs is 1. The topological polar surface area (TPSA) is 78.6 Å². The van der Waals surface area contributed by atoms with Crippen LogP contribution in [0.3, 0.4) is 0 Å². The fraction of sp³-hybridized carbons (Fsp3) is 0.500. The largest absolute Gasteiger partial charge is 0.393 e. The first-order valence-corrected chi connectivity index (χ1v) is 7.18. The van der Waals surface area contributed by atoms with Crippen LogP contribution < -0.4 is 16.0 Å². The Kier molecular flexibility index (Phi) is 3.36. The zero-order valence-corrected chi connectivity index (χ0v) is 12.0. The maximum atomic E-state index is 11.6. The molecule has 3 atom stereocenters. The van der Waals surface area contributed by atoms with Gasteiger partial charge in [-0.2, -0.15) is 0 Å². The van der Waals surface area contributed by atoms with Gasteiger partial charge in [0, 0.05) is 30.3 Å². The van der Waals surface area contributed by atoms with Gasteiger partial charge in [-0.15, -0.1) is 0 Å². The number of aliphatic hydroxyl groups excluding tert-OH is 1. The molecule has 0 saturated carbocycles. The number of hydrogen-bond acceptors (Lipinski definition) is 4. The molecular weight excluding hydrogens is 278 g/mol. The van der Waals surface area contributed by atoms with Crippen molar-refractivity contribution in [3.05, 3.63) is 22.7 Å². The Bertz CT molecular complexity index is 562. The molecule has 2 aliphatic heterocycles. The monoisotopic (exact) mass is 295 g/mol. The van der Waals surface area contributed by atoms with Crippen LogP contribution in [0, 0.1) is 5.92 Å². The third kappa shape index (κ3) is 2.16. The van der Waals surface area contributed by atoms with Crippen LogP contribution in [0.4, 0.5) is 11.4 Å². The highest BCUT2D eigenvalue weighted by atomic mass is 35.5. The third-order valence-corrected chi connectivity index (χ3v) is 4.54. The first kappa shape index (κ1) is 13.7. The summed E-state index contributed by atoms with van der Waals surface area (Å²) in [5.41, 5.74) is 8.18. The van der Waals surface area contributed by atoms with E-state index >= 15 is 0 Å². The molecule has 5 nitrogen and oxygen atoms in total. The molecule has 0 aromatic heterocycles. The number of carbonyl (C=O) groups excluding carboxylic acids is 1. The predicted molar refractivity (Wildman–Crippen MR) is 79.0 cm³/mol. The van der Waals surface area contributed by atoms with E-state index in [0.717, 1.165) is 36.4 Å². The summed E-state index contributed by atoms with van der Waals surface area (Å²) in [6.07, 6.45) is 0.623. The minimum absolute atomic E-state index is 0.198. The molecule has 2 aliphatic rings. The Hall–Kier alpha value is -1.30. The van der Waals surface area contributed by atoms with Gasteiger partial charge >= 0.3 is 0 Å². The average Bonchev–Trinajstić information content (AvgIpc) is 2.97. The Labute approximate surface area is 122 Å². The average molecular weight is 296 g/mol. The van der Waals surface area contributed by atoms with E-state index in [2.05, 4.69) is 10.2 Å². The summed E-state index contributed by atoms with van der Waals surface area (Å²) >= 11 is 6.33. The number of amides is 1. The third-order valence-electron chi connectivity index (χ3n) is 4.24. The number of aliphatic hydroxyl groups is 1. The highest BCUT2D eigenvalue weighted by Crippen LogP contribution is 2.39. The Morgan fingerprint density at radius 3 is 2.95 bits per heavy atom. The highest BCUT2D eigenvalue weighted by Gasteiger charge is 2.31. The molecular formula is C14H18ClN3O2. The molecule has 4 N–H and O–H groups in total. The van der Waals surface area contributed by atoms with Gasteiger partial charge in [0.1, 0.15) is 6.04 Å². The van der Waals surface area contributed by atoms with Crippen molar-refractivity contribution in [3.63, 3.8) is 0 Å². The van der Waals surface area contributed by atoms with Gasteiger partial charge in [-0.05, 0) is 25.5 Å². The zero-order valence-electron chi connectivity index (χ0n) is 11.3. The summed E-state index contributed by atoms with van der Waals surface area (Å²) in [5.74, 6) is 0.0627. The predicted octanol–water partition coefficient (Wildman–Crippen LogP) is 1.50. The fourth-order valence-electron chi connectivity index (χ4n) is 2.94. The van der Waals surface area contributed by atoms with Gasteiger partial charge in [0.2, 0.25) is 5.91 Å². The van der Waals surface area contributed by atoms with Crippen molar-refractivity contribution in [3.8, 4) is 0 Å². The molecule has 1 saturated heterocycles. The van der Waals surface area contributed by atoms with Crippen molar-refractivity contribution in [2.75, 3.05) is 23.3 Å². The quantitative estimate of drug-likeness (QED) is 0.772. The van der Waals surface area contributed by atoms with Gasteiger partial charge in [0.25, 0.3) is 0 Å². The summed E-state index contributed by atoms with van der Waals surface area (Å²) in [6, 6.07) is 3.01. The Morgan fingerprint density at radius 1 is 1.55 bits per heavy atom. The van der Waals surface area contributed by atoms with E-state index in [1.807, 2.05) is 13.0 Å². The molecule has 3 rings (SSSR count). The van der Waals surface area contributed by atoms with E-state index in [1.165, 1.54) is 0 Å². The van der Waals surface area contributed by atoms with Crippen LogP contribution in [-0.2, 0) is 4.79 Å². The maximum absolute atomic E-state index is 11.6. The van der Waals surface area contributed by atoms with Crippen LogP contribution in [0.15, 0.2) is 12.1 Å². The lowest BCUT2D eigenvalue weighted by Gasteiger charge is -2.22. The minimum Gasteiger partial charge on any atom is -0.393 e. The number of halogens is 1. The van der Waals surface area contributed by atoms with Crippen molar-refractivity contribution < 1.29 is 9.90 Å². The second kappa shape index (κ2) is 4.91. The second-order valence-corrected chi connectivity index (χ2v) is 6.00. The number of benzene rings is 1. The van der Waals surface area contributed by atoms with E-state index in [9.17, 15) is 9.90 Å². The number of nitrogens with zero attached hydrogens (tertiary/aromatic N) is 1. The van der Waals surface area contributed by atoms with Crippen molar-refractivity contribution >= 4 is 28.9 Å². The molecule has 3 unspecified atom stereocenters. The maximum Gasteiger partial charge on any atom is 0.245 e. The smallest absolute Gasteiger partial charge is 0.245 e. The summed E-state index contributed by atoms with van der Waals surface area (Å²) in [7, 11) is 0. The second-order valence-electron chi connectivity index (χ2n) is 5.59. The lowest BCUT2D eigenvalue weighted by atomic mass is 10.0. The fourth-order valence-corrected chi connectivity index (χ4v) is 3.23. The van der Waals surface area contributed by atoms with E-state index in [4.69, 9.17) is 17.3 Å². The van der Waals surface area contributed by atoms with Crippen LogP contribution in [0.25, 0.3) is 0 Å². The van der Waals surface area contributed by atoms with Crippen LogP contribution in [-0.4, -0.2) is 30.2 Å². The van der Waals surface area contributed by atoms with Crippen LogP contribution >= 0.6 is 11.6 Å². The van der Waals surface area contributed by atoms with Gasteiger partial charge in [-0.3, -0.25) is 4.79 Å². The number of hydrogen-bond donors (Lipinski definition) is 3. The summed E-state index contributed by atoms with van der Waals surface area (Å²) in [6.45, 7) is 3.45. The Balaban J connectivity index is 1.89. The van der Waals surface area contributed by atoms with Crippen molar-refractivity contribution in [1.82, 2.24) is 0 Å². The molecule has 108 valence electrons. The van der Waals surface area contributed by atoms with Crippen molar-refractivity contribution in [2.45, 2.75) is 25.5 Å². The van der Waals surface area contributed by atoms with Gasteiger partial charge in [-0.25, -0.2) is 0 Å². The molecule has 0 spiro atoms. The molecule has 6 heteroatoms. The molecule has 1 aromatic carbocycles. The van der Waals surface area contributed by atoms with Crippen LogP contribution in [0.5, 0.6) is 0 Å². The van der Waals surface area contributed by atoms with Gasteiger partial charge < -0.3 is 21.1 Å². The molecule has 1 amide bonds. The number of carbonyl (C=O) groups is 1. The first-order chi connectivity index (χ1) is 9.47. The molecule has 2 heterocycles. The summed E-state index contributed by atoms with van der Waals surface area (Å²) in [4.78, 5) is 13.7. The number of rotatable bonds is 2. The highest BCUT2D eigenvalue weighted by molar-refractivity contribution is 6.33. The molecule has 0 aliphatic carbocycles. The van der Waals surface area contributed by atoms with Gasteiger partial charge in [0.05, 0.1) is 16.8 Å². The van der Waals surface area contributed by atoms with Gasteiger partial charge in [0.15, 0.2) is 0 Å². The lowest BCUT2D eigenvalue weighted by molar-refractivity contribution is -0.116. The van der Waals surface area contributed by atoms with Crippen molar-refractivity contribution in [1.29, 1.82) is 0 Å². The molecule has 0 radical (unpaired) electrons. The molecule has 1 aromatic rings. The SMILES string of the molecule is CC(O)C1CCN(c2cc3c(cc2Cl)C(N)C(=O)N3)C1. The summed E-state index contributed by atoms with van der Waals surface area (Å²) in [5, 5.41) is 13.0. The molecule has 20 heavy (non-hydrogen) atoms. The molecule has 0 bridgehead atoms.